The van der Waals surface area contributed by atoms with E-state index in [-0.39, 0.29) is 17.0 Å². The van der Waals surface area contributed by atoms with Crippen LogP contribution in [-0.4, -0.2) is 47.1 Å². The van der Waals surface area contributed by atoms with E-state index >= 15 is 0 Å². The molecule has 0 aliphatic carbocycles. The van der Waals surface area contributed by atoms with Crippen LogP contribution in [0.4, 0.5) is 0 Å². The number of nitrogens with zero attached hydrogens (tertiary/aromatic N) is 1. The molecule has 1 saturated heterocycles. The van der Waals surface area contributed by atoms with Gasteiger partial charge in [0.2, 0.25) is 0 Å². The van der Waals surface area contributed by atoms with Crippen molar-refractivity contribution >= 4 is 40.3 Å². The highest BCUT2D eigenvalue weighted by atomic mass is 127. The predicted octanol–water partition coefficient (Wildman–Crippen LogP) is 4.17. The van der Waals surface area contributed by atoms with Gasteiger partial charge in [0.1, 0.15) is 6.10 Å². The van der Waals surface area contributed by atoms with Crippen LogP contribution in [0.2, 0.25) is 0 Å². The third kappa shape index (κ3) is 6.59. The quantitative estimate of drug-likeness (QED) is 0.529. The number of aromatic amines is 1. The molecule has 32 heavy (non-hydrogen) atoms. The summed E-state index contributed by atoms with van der Waals surface area (Å²) in [6.07, 6.45) is -0.499. The average molecular weight is 570 g/mol. The first kappa shape index (κ1) is 25.3. The summed E-state index contributed by atoms with van der Waals surface area (Å²) in [5.41, 5.74) is 3.99. The lowest BCUT2D eigenvalue weighted by Crippen LogP contribution is -2.53. The van der Waals surface area contributed by atoms with Crippen LogP contribution in [0.5, 0.6) is 0 Å². The lowest BCUT2D eigenvalue weighted by Gasteiger charge is -2.34. The molecule has 0 saturated carbocycles. The van der Waals surface area contributed by atoms with E-state index in [9.17, 15) is 9.59 Å². The molecule has 2 heterocycles. The summed E-state index contributed by atoms with van der Waals surface area (Å²) >= 11 is 3.78. The molecule has 0 spiro atoms. The fourth-order valence-corrected chi connectivity index (χ4v) is 5.83. The molecule has 1 aliphatic heterocycles. The van der Waals surface area contributed by atoms with Crippen molar-refractivity contribution in [2.24, 2.45) is 0 Å². The van der Waals surface area contributed by atoms with Gasteiger partial charge in [-0.3, -0.25) is 14.5 Å². The molecule has 1 aromatic carbocycles. The van der Waals surface area contributed by atoms with Gasteiger partial charge in [-0.2, -0.15) is 0 Å². The molecule has 1 atom stereocenters. The number of ether oxygens (including phenoxy) is 1. The Morgan fingerprint density at radius 3 is 2.53 bits per heavy atom. The molecule has 3 rings (SSSR count). The van der Waals surface area contributed by atoms with Gasteiger partial charge in [-0.05, 0) is 87.4 Å². The highest BCUT2D eigenvalue weighted by Gasteiger charge is 2.30. The van der Waals surface area contributed by atoms with Crippen molar-refractivity contribution in [2.45, 2.75) is 69.5 Å². The van der Waals surface area contributed by atoms with E-state index in [1.807, 2.05) is 27.7 Å². The fourth-order valence-electron chi connectivity index (χ4n) is 3.79. The van der Waals surface area contributed by atoms with E-state index < -0.39 is 6.10 Å². The first-order chi connectivity index (χ1) is 14.9. The molecule has 174 valence electrons. The zero-order valence-corrected chi connectivity index (χ0v) is 22.6. The first-order valence-electron chi connectivity index (χ1n) is 10.8. The van der Waals surface area contributed by atoms with Gasteiger partial charge in [0.05, 0.1) is 10.2 Å². The van der Waals surface area contributed by atoms with Gasteiger partial charge >= 0.3 is 0 Å². The second-order valence-electron chi connectivity index (χ2n) is 9.46. The normalized spacial score (nSPS) is 17.4. The third-order valence-electron chi connectivity index (χ3n) is 5.16. The summed E-state index contributed by atoms with van der Waals surface area (Å²) in [6, 6.07) is 6.45. The number of H-pyrrole nitrogens is 1. The summed E-state index contributed by atoms with van der Waals surface area (Å²) in [5.74, 6) is -0.0835. The summed E-state index contributed by atoms with van der Waals surface area (Å²) in [7, 11) is 0. The minimum absolute atomic E-state index is 0.0665. The van der Waals surface area contributed by atoms with Crippen LogP contribution in [0.15, 0.2) is 32.8 Å². The summed E-state index contributed by atoms with van der Waals surface area (Å²) in [6.45, 7) is 14.4. The number of pyridine rings is 1. The van der Waals surface area contributed by atoms with Crippen molar-refractivity contribution in [3.63, 3.8) is 0 Å². The molecule has 1 aromatic heterocycles. The van der Waals surface area contributed by atoms with Crippen molar-refractivity contribution in [3.8, 4) is 0 Å². The first-order valence-corrected chi connectivity index (χ1v) is 12.7. The molecule has 2 N–H and O–H groups in total. The summed E-state index contributed by atoms with van der Waals surface area (Å²) in [5, 5.41) is 3.01. The number of rotatable bonds is 5. The van der Waals surface area contributed by atoms with Crippen molar-refractivity contribution < 1.29 is 9.53 Å². The van der Waals surface area contributed by atoms with Gasteiger partial charge in [-0.15, -0.1) is 0 Å². The zero-order valence-electron chi connectivity index (χ0n) is 19.6. The van der Waals surface area contributed by atoms with Gasteiger partial charge < -0.3 is 15.0 Å². The maximum absolute atomic E-state index is 12.6. The number of hydrogen-bond donors (Lipinski definition) is 2. The van der Waals surface area contributed by atoms with Crippen molar-refractivity contribution in [2.75, 3.05) is 19.7 Å². The van der Waals surface area contributed by atoms with Crippen molar-refractivity contribution in [1.82, 2.24) is 15.2 Å². The highest BCUT2D eigenvalue weighted by molar-refractivity contribution is 14.1. The molecule has 1 unspecified atom stereocenters. The number of halogens is 1. The third-order valence-corrected chi connectivity index (χ3v) is 7.69. The van der Waals surface area contributed by atoms with E-state index in [1.165, 1.54) is 11.1 Å². The topological polar surface area (TPSA) is 74.4 Å². The number of morpholine rings is 1. The number of benzene rings is 1. The van der Waals surface area contributed by atoms with E-state index in [0.717, 1.165) is 27.6 Å². The van der Waals surface area contributed by atoms with Crippen LogP contribution in [-0.2, 0) is 16.1 Å². The lowest BCUT2D eigenvalue weighted by atomic mass is 10.1. The largest absolute Gasteiger partial charge is 0.366 e. The number of hydrogen-bond acceptors (Lipinski definition) is 5. The van der Waals surface area contributed by atoms with Crippen LogP contribution >= 0.6 is 34.4 Å². The Morgan fingerprint density at radius 1 is 1.25 bits per heavy atom. The molecule has 2 aromatic rings. The Bertz CT molecular complexity index is 1040. The Labute approximate surface area is 208 Å². The molecular weight excluding hydrogens is 537 g/mol. The fraction of sp³-hybridized carbons (Fsp3) is 0.500. The maximum Gasteiger partial charge on any atom is 0.262 e. The highest BCUT2D eigenvalue weighted by Crippen LogP contribution is 2.35. The van der Waals surface area contributed by atoms with Crippen LogP contribution in [0.25, 0.3) is 0 Å². The van der Waals surface area contributed by atoms with Gasteiger partial charge in [0.25, 0.3) is 11.5 Å². The molecule has 1 aliphatic rings. The number of aryl methyl sites for hydroxylation is 3. The Morgan fingerprint density at radius 2 is 1.91 bits per heavy atom. The average Bonchev–Trinajstić information content (AvgIpc) is 2.67. The van der Waals surface area contributed by atoms with E-state index in [4.69, 9.17) is 4.74 Å². The van der Waals surface area contributed by atoms with Gasteiger partial charge in [0.15, 0.2) is 0 Å². The van der Waals surface area contributed by atoms with Crippen LogP contribution in [0, 0.1) is 24.3 Å². The molecule has 0 bridgehead atoms. The van der Waals surface area contributed by atoms with Crippen LogP contribution < -0.4 is 10.9 Å². The number of nitrogens with one attached hydrogen (secondary N) is 2. The molecule has 1 amide bonds. The molecule has 6 nitrogen and oxygen atoms in total. The molecule has 0 radical (unpaired) electrons. The second-order valence-corrected chi connectivity index (χ2v) is 11.6. The minimum atomic E-state index is -0.499. The maximum atomic E-state index is 12.6. The van der Waals surface area contributed by atoms with Crippen LogP contribution in [0.3, 0.4) is 0 Å². The SMILES string of the molecule is Cc1cc(C)cc(Sc2c(CN3CCOC(C(=O)NC(C)(C)C)C3)c(C)[nH]c(=O)c2I)c1. The Kier molecular flexibility index (Phi) is 8.11. The lowest BCUT2D eigenvalue weighted by molar-refractivity contribution is -0.140. The standard InChI is InChI=1S/C24H32IN3O3S/c1-14-9-15(2)11-17(10-14)32-21-18(16(3)26-23(30)20(21)25)12-28-7-8-31-19(13-28)22(29)27-24(4,5)6/h9-11,19H,7-8,12-13H2,1-6H3,(H,26,30)(H,27,29). The number of aromatic nitrogens is 1. The monoisotopic (exact) mass is 569 g/mol. The van der Waals surface area contributed by atoms with Crippen LogP contribution in [0.1, 0.15) is 43.2 Å². The van der Waals surface area contributed by atoms with E-state index in [1.54, 1.807) is 11.8 Å². The summed E-state index contributed by atoms with van der Waals surface area (Å²) in [4.78, 5) is 32.5. The molecule has 1 fully saturated rings. The van der Waals surface area contributed by atoms with Gasteiger partial charge in [-0.1, -0.05) is 17.8 Å². The predicted molar refractivity (Wildman–Crippen MR) is 137 cm³/mol. The Hall–Kier alpha value is -1.36. The van der Waals surface area contributed by atoms with E-state index in [0.29, 0.717) is 23.3 Å². The molecular formula is C24H32IN3O3S. The summed E-state index contributed by atoms with van der Waals surface area (Å²) < 4.78 is 6.46. The smallest absolute Gasteiger partial charge is 0.262 e. The van der Waals surface area contributed by atoms with Gasteiger partial charge in [-0.25, -0.2) is 0 Å². The molecule has 8 heteroatoms. The number of amides is 1. The Balaban J connectivity index is 1.86. The number of carbonyl (C=O) groups is 1. The van der Waals surface area contributed by atoms with Crippen molar-refractivity contribution in [1.29, 1.82) is 0 Å². The number of carbonyl (C=O) groups excluding carboxylic acids is 1. The van der Waals surface area contributed by atoms with Gasteiger partial charge in [0, 0.05) is 46.2 Å². The van der Waals surface area contributed by atoms with Crippen molar-refractivity contribution in [3.05, 3.63) is 54.5 Å². The second kappa shape index (κ2) is 10.3. The van der Waals surface area contributed by atoms with E-state index in [2.05, 4.69) is 69.8 Å². The minimum Gasteiger partial charge on any atom is -0.366 e. The zero-order chi connectivity index (χ0) is 23.6.